The fourth-order valence-electron chi connectivity index (χ4n) is 1.78. The Morgan fingerprint density at radius 3 is 2.37 bits per heavy atom. The van der Waals surface area contributed by atoms with Crippen LogP contribution in [0.3, 0.4) is 0 Å². The fraction of sp³-hybridized carbons (Fsp3) is 0.143. The maximum atomic E-state index is 13.7. The van der Waals surface area contributed by atoms with E-state index in [4.69, 9.17) is 11.6 Å². The van der Waals surface area contributed by atoms with E-state index in [1.54, 1.807) is 24.3 Å². The maximum Gasteiger partial charge on any atom is 0.137 e. The van der Waals surface area contributed by atoms with Crippen molar-refractivity contribution in [3.63, 3.8) is 0 Å². The summed E-state index contributed by atoms with van der Waals surface area (Å²) < 4.78 is 27.6. The molecule has 0 aromatic heterocycles. The molecule has 100 valence electrons. The van der Waals surface area contributed by atoms with E-state index in [0.717, 1.165) is 5.56 Å². The van der Waals surface area contributed by atoms with Crippen LogP contribution in [0, 0.1) is 11.6 Å². The minimum Gasteiger partial charge on any atom is -0.207 e. The molecule has 0 saturated carbocycles. The highest BCUT2D eigenvalue weighted by Crippen LogP contribution is 2.35. The van der Waals surface area contributed by atoms with E-state index in [9.17, 15) is 8.78 Å². The van der Waals surface area contributed by atoms with Crippen molar-refractivity contribution in [1.82, 2.24) is 0 Å². The first-order valence-corrected chi connectivity index (χ1v) is 7.60. The van der Waals surface area contributed by atoms with Crippen LogP contribution in [-0.2, 0) is 6.42 Å². The van der Waals surface area contributed by atoms with Gasteiger partial charge in [0.1, 0.15) is 11.6 Å². The molecular formula is C14H9Br2ClF2. The lowest BCUT2D eigenvalue weighted by atomic mass is 10.0. The summed E-state index contributed by atoms with van der Waals surface area (Å²) in [5, 5.41) is 0.372. The molecule has 0 aliphatic heterocycles. The SMILES string of the molecule is Fc1cccc(C(Br)Cc2c(F)cccc2Cl)c1Br. The van der Waals surface area contributed by atoms with Crippen molar-refractivity contribution in [2.75, 3.05) is 0 Å². The van der Waals surface area contributed by atoms with Crippen LogP contribution in [0.4, 0.5) is 8.78 Å². The normalized spacial score (nSPS) is 12.5. The molecule has 1 atom stereocenters. The van der Waals surface area contributed by atoms with Gasteiger partial charge in [0.2, 0.25) is 0 Å². The van der Waals surface area contributed by atoms with Crippen LogP contribution >= 0.6 is 43.5 Å². The number of hydrogen-bond donors (Lipinski definition) is 0. The molecule has 0 bridgehead atoms. The van der Waals surface area contributed by atoms with Gasteiger partial charge in [0.05, 0.1) is 4.47 Å². The minimum absolute atomic E-state index is 0.230. The van der Waals surface area contributed by atoms with Gasteiger partial charge in [-0.1, -0.05) is 45.7 Å². The van der Waals surface area contributed by atoms with Crippen LogP contribution in [-0.4, -0.2) is 0 Å². The summed E-state index contributed by atoms with van der Waals surface area (Å²) in [4.78, 5) is -0.230. The van der Waals surface area contributed by atoms with Gasteiger partial charge in [-0.25, -0.2) is 8.78 Å². The lowest BCUT2D eigenvalue weighted by molar-refractivity contribution is 0.605. The van der Waals surface area contributed by atoms with Gasteiger partial charge >= 0.3 is 0 Å². The van der Waals surface area contributed by atoms with Gasteiger partial charge in [-0.3, -0.25) is 0 Å². The zero-order valence-corrected chi connectivity index (χ0v) is 13.6. The van der Waals surface area contributed by atoms with Gasteiger partial charge < -0.3 is 0 Å². The first-order valence-electron chi connectivity index (χ1n) is 5.51. The van der Waals surface area contributed by atoms with Crippen molar-refractivity contribution in [3.05, 3.63) is 68.7 Å². The Labute approximate surface area is 132 Å². The lowest BCUT2D eigenvalue weighted by Crippen LogP contribution is -2.01. The topological polar surface area (TPSA) is 0 Å². The quantitative estimate of drug-likeness (QED) is 0.540. The van der Waals surface area contributed by atoms with Gasteiger partial charge in [0.25, 0.3) is 0 Å². The average Bonchev–Trinajstić information content (AvgIpc) is 2.37. The van der Waals surface area contributed by atoms with Crippen LogP contribution in [0.1, 0.15) is 16.0 Å². The Hall–Kier alpha value is -0.450. The number of hydrogen-bond acceptors (Lipinski definition) is 0. The van der Waals surface area contributed by atoms with Gasteiger partial charge in [-0.2, -0.15) is 0 Å². The molecule has 0 heterocycles. The van der Waals surface area contributed by atoms with E-state index >= 15 is 0 Å². The van der Waals surface area contributed by atoms with E-state index in [0.29, 0.717) is 21.5 Å². The number of benzene rings is 2. The van der Waals surface area contributed by atoms with E-state index in [-0.39, 0.29) is 16.5 Å². The summed E-state index contributed by atoms with van der Waals surface area (Å²) in [7, 11) is 0. The number of rotatable bonds is 3. The van der Waals surface area contributed by atoms with Gasteiger partial charge in [0, 0.05) is 15.4 Å². The molecule has 0 amide bonds. The summed E-state index contributed by atoms with van der Waals surface area (Å²) in [6.45, 7) is 0. The Balaban J connectivity index is 2.31. The standard InChI is InChI=1S/C14H9Br2ClF2/c15-10(8-3-1-6-13(19)14(8)16)7-9-11(17)4-2-5-12(9)18/h1-6,10H,7H2. The van der Waals surface area contributed by atoms with Crippen LogP contribution < -0.4 is 0 Å². The number of alkyl halides is 1. The highest BCUT2D eigenvalue weighted by atomic mass is 79.9. The Morgan fingerprint density at radius 2 is 1.68 bits per heavy atom. The Kier molecular flexibility index (Phi) is 4.98. The summed E-state index contributed by atoms with van der Waals surface area (Å²) in [6.07, 6.45) is 0.341. The summed E-state index contributed by atoms with van der Waals surface area (Å²) >= 11 is 12.6. The van der Waals surface area contributed by atoms with Crippen LogP contribution in [0.5, 0.6) is 0 Å². The third-order valence-corrected chi connectivity index (χ3v) is 4.77. The summed E-state index contributed by atoms with van der Waals surface area (Å²) in [5.74, 6) is -0.703. The molecule has 0 aliphatic rings. The zero-order chi connectivity index (χ0) is 14.0. The summed E-state index contributed by atoms with van der Waals surface area (Å²) in [5.41, 5.74) is 1.14. The predicted octanol–water partition coefficient (Wildman–Crippen LogP) is 6.06. The molecule has 0 nitrogen and oxygen atoms in total. The second-order valence-electron chi connectivity index (χ2n) is 4.01. The highest BCUT2D eigenvalue weighted by molar-refractivity contribution is 9.11. The molecule has 19 heavy (non-hydrogen) atoms. The fourth-order valence-corrected chi connectivity index (χ4v) is 3.57. The summed E-state index contributed by atoms with van der Waals surface area (Å²) in [6, 6.07) is 9.32. The van der Waals surface area contributed by atoms with E-state index < -0.39 is 0 Å². The van der Waals surface area contributed by atoms with Crippen LogP contribution in [0.15, 0.2) is 40.9 Å². The number of halogens is 5. The maximum absolute atomic E-state index is 13.7. The van der Waals surface area contributed by atoms with Crippen LogP contribution in [0.25, 0.3) is 0 Å². The van der Waals surface area contributed by atoms with Crippen molar-refractivity contribution in [2.45, 2.75) is 11.2 Å². The largest absolute Gasteiger partial charge is 0.207 e. The molecule has 1 unspecified atom stereocenters. The molecule has 2 aromatic carbocycles. The second kappa shape index (κ2) is 6.33. The molecule has 2 aromatic rings. The van der Waals surface area contributed by atoms with Gasteiger partial charge in [0.15, 0.2) is 0 Å². The molecule has 5 heteroatoms. The smallest absolute Gasteiger partial charge is 0.137 e. The molecule has 0 N–H and O–H groups in total. The second-order valence-corrected chi connectivity index (χ2v) is 6.32. The van der Waals surface area contributed by atoms with Crippen LogP contribution in [0.2, 0.25) is 5.02 Å². The first kappa shape index (κ1) is 14.9. The average molecular weight is 410 g/mol. The van der Waals surface area contributed by atoms with Crippen molar-refractivity contribution >= 4 is 43.5 Å². The van der Waals surface area contributed by atoms with Gasteiger partial charge in [-0.15, -0.1) is 0 Å². The minimum atomic E-state index is -0.357. The van der Waals surface area contributed by atoms with E-state index in [1.165, 1.54) is 12.1 Å². The van der Waals surface area contributed by atoms with Crippen molar-refractivity contribution in [3.8, 4) is 0 Å². The molecule has 0 saturated heterocycles. The third-order valence-electron chi connectivity index (χ3n) is 2.76. The first-order chi connectivity index (χ1) is 9.00. The van der Waals surface area contributed by atoms with E-state index in [1.807, 2.05) is 0 Å². The lowest BCUT2D eigenvalue weighted by Gasteiger charge is -2.14. The highest BCUT2D eigenvalue weighted by Gasteiger charge is 2.17. The monoisotopic (exact) mass is 408 g/mol. The predicted molar refractivity (Wildman–Crippen MR) is 80.9 cm³/mol. The van der Waals surface area contributed by atoms with Gasteiger partial charge in [-0.05, 0) is 46.1 Å². The third kappa shape index (κ3) is 3.36. The molecule has 0 fully saturated rings. The molecule has 0 radical (unpaired) electrons. The Morgan fingerprint density at radius 1 is 1.05 bits per heavy atom. The Bertz CT molecular complexity index is 582. The molecule has 2 rings (SSSR count). The van der Waals surface area contributed by atoms with Crippen molar-refractivity contribution in [2.24, 2.45) is 0 Å². The molecule has 0 spiro atoms. The van der Waals surface area contributed by atoms with Crippen molar-refractivity contribution < 1.29 is 8.78 Å². The molecule has 0 aliphatic carbocycles. The zero-order valence-electron chi connectivity index (χ0n) is 9.64. The van der Waals surface area contributed by atoms with Crippen molar-refractivity contribution in [1.29, 1.82) is 0 Å². The molecular weight excluding hydrogens is 401 g/mol. The van der Waals surface area contributed by atoms with E-state index in [2.05, 4.69) is 31.9 Å².